The van der Waals surface area contributed by atoms with Crippen LogP contribution in [-0.4, -0.2) is 33.1 Å². The van der Waals surface area contributed by atoms with Gasteiger partial charge in [0.1, 0.15) is 11.5 Å². The predicted molar refractivity (Wildman–Crippen MR) is 121 cm³/mol. The first kappa shape index (κ1) is 21.7. The van der Waals surface area contributed by atoms with Crippen LogP contribution in [0, 0.1) is 0 Å². The monoisotopic (exact) mass is 433 g/mol. The van der Waals surface area contributed by atoms with Gasteiger partial charge in [-0.1, -0.05) is 30.3 Å². The zero-order valence-corrected chi connectivity index (χ0v) is 18.7. The van der Waals surface area contributed by atoms with Crippen LogP contribution >= 0.6 is 0 Å². The van der Waals surface area contributed by atoms with E-state index in [9.17, 15) is 9.59 Å². The molecule has 32 heavy (non-hydrogen) atoms. The molecular formula is C26H27NO5. The summed E-state index contributed by atoms with van der Waals surface area (Å²) in [6, 6.07) is 15.5. The van der Waals surface area contributed by atoms with Crippen molar-refractivity contribution in [2.45, 2.75) is 31.6 Å². The Morgan fingerprint density at radius 1 is 1.00 bits per heavy atom. The number of carbonyl (C=O) groups is 2. The van der Waals surface area contributed by atoms with Crippen molar-refractivity contribution in [3.05, 3.63) is 82.2 Å². The molecule has 0 bridgehead atoms. The Balaban J connectivity index is 1.88. The highest BCUT2D eigenvalue weighted by molar-refractivity contribution is 6.04. The van der Waals surface area contributed by atoms with Crippen LogP contribution in [-0.2, 0) is 14.3 Å². The molecule has 2 aromatic carbocycles. The lowest BCUT2D eigenvalue weighted by Crippen LogP contribution is -2.36. The molecule has 1 N–H and O–H groups in total. The van der Waals surface area contributed by atoms with Crippen molar-refractivity contribution >= 4 is 11.8 Å². The molecule has 0 radical (unpaired) electrons. The Kier molecular flexibility index (Phi) is 6.04. The van der Waals surface area contributed by atoms with E-state index in [2.05, 4.69) is 17.4 Å². The molecule has 6 heteroatoms. The number of nitrogens with one attached hydrogen (secondary N) is 1. The number of hydrogen-bond donors (Lipinski definition) is 1. The minimum absolute atomic E-state index is 0.0105. The molecular weight excluding hydrogens is 406 g/mol. The second-order valence-electron chi connectivity index (χ2n) is 8.03. The van der Waals surface area contributed by atoms with Crippen molar-refractivity contribution in [3.63, 3.8) is 0 Å². The summed E-state index contributed by atoms with van der Waals surface area (Å²) in [5.74, 6) is 0.208. The maximum absolute atomic E-state index is 13.6. The van der Waals surface area contributed by atoms with Gasteiger partial charge in [0.15, 0.2) is 5.78 Å². The third kappa shape index (κ3) is 3.77. The summed E-state index contributed by atoms with van der Waals surface area (Å²) in [4.78, 5) is 26.4. The number of rotatable bonds is 5. The molecule has 0 amide bonds. The summed E-state index contributed by atoms with van der Waals surface area (Å²) in [7, 11) is 4.50. The number of ketones is 1. The van der Waals surface area contributed by atoms with E-state index in [0.29, 0.717) is 46.7 Å². The Labute approximate surface area is 187 Å². The van der Waals surface area contributed by atoms with E-state index >= 15 is 0 Å². The number of methoxy groups -OCH3 is 3. The quantitative estimate of drug-likeness (QED) is 0.711. The standard InChI is InChI=1S/C26H27NO5/c1-15-23(26(29)32-4)24(19-14-18(30-2)10-11-22(19)31-3)25-20(27-15)12-17(13-21(25)28)16-8-6-5-7-9-16/h5-11,14,17,24,27H,12-13H2,1-4H3/t17-,24+/m0/s1. The summed E-state index contributed by atoms with van der Waals surface area (Å²) < 4.78 is 16.1. The molecule has 1 heterocycles. The number of hydrogen-bond acceptors (Lipinski definition) is 6. The van der Waals surface area contributed by atoms with Crippen LogP contribution in [0.25, 0.3) is 0 Å². The number of ether oxygens (including phenoxy) is 3. The molecule has 4 rings (SSSR count). The SMILES string of the molecule is COC(=O)C1=C(C)NC2=C(C(=O)C[C@@H](c3ccccc3)C2)[C@@H]1c1cc(OC)ccc1OC. The fourth-order valence-electron chi connectivity index (χ4n) is 4.76. The minimum Gasteiger partial charge on any atom is -0.497 e. The summed E-state index contributed by atoms with van der Waals surface area (Å²) in [6.07, 6.45) is 1.06. The van der Waals surface area contributed by atoms with E-state index in [4.69, 9.17) is 14.2 Å². The van der Waals surface area contributed by atoms with Crippen LogP contribution in [0.4, 0.5) is 0 Å². The highest BCUT2D eigenvalue weighted by Crippen LogP contribution is 2.48. The first-order valence-electron chi connectivity index (χ1n) is 10.6. The molecule has 0 fully saturated rings. The van der Waals surface area contributed by atoms with Crippen molar-refractivity contribution in [1.82, 2.24) is 5.32 Å². The number of esters is 1. The largest absolute Gasteiger partial charge is 0.497 e. The molecule has 2 aliphatic rings. The Bertz CT molecular complexity index is 1120. The Morgan fingerprint density at radius 3 is 2.41 bits per heavy atom. The summed E-state index contributed by atoms with van der Waals surface area (Å²) in [6.45, 7) is 1.84. The fourth-order valence-corrected chi connectivity index (χ4v) is 4.76. The van der Waals surface area contributed by atoms with Crippen molar-refractivity contribution in [2.24, 2.45) is 0 Å². The van der Waals surface area contributed by atoms with Crippen LogP contribution in [0.5, 0.6) is 11.5 Å². The molecule has 166 valence electrons. The molecule has 2 aromatic rings. The van der Waals surface area contributed by atoms with Crippen LogP contribution in [0.15, 0.2) is 71.1 Å². The number of allylic oxidation sites excluding steroid dienone is 3. The normalized spacial score (nSPS) is 20.4. The lowest BCUT2D eigenvalue weighted by molar-refractivity contribution is -0.136. The fraction of sp³-hybridized carbons (Fsp3) is 0.308. The summed E-state index contributed by atoms with van der Waals surface area (Å²) in [5, 5.41) is 3.35. The zero-order valence-electron chi connectivity index (χ0n) is 18.7. The number of Topliss-reactive ketones (excluding diaryl/α,β-unsaturated/α-hetero) is 1. The molecule has 0 spiro atoms. The van der Waals surface area contributed by atoms with Gasteiger partial charge in [-0.05, 0) is 43.0 Å². The van der Waals surface area contributed by atoms with E-state index in [1.165, 1.54) is 7.11 Å². The van der Waals surface area contributed by atoms with Gasteiger partial charge in [-0.15, -0.1) is 0 Å². The third-order valence-electron chi connectivity index (χ3n) is 6.25. The van der Waals surface area contributed by atoms with E-state index in [-0.39, 0.29) is 11.7 Å². The minimum atomic E-state index is -0.604. The second kappa shape index (κ2) is 8.91. The molecule has 1 aliphatic carbocycles. The zero-order chi connectivity index (χ0) is 22.8. The number of dihydropyridines is 1. The maximum Gasteiger partial charge on any atom is 0.336 e. The topological polar surface area (TPSA) is 73.9 Å². The Morgan fingerprint density at radius 2 is 1.75 bits per heavy atom. The average molecular weight is 434 g/mol. The van der Waals surface area contributed by atoms with Crippen molar-refractivity contribution < 1.29 is 23.8 Å². The maximum atomic E-state index is 13.6. The van der Waals surface area contributed by atoms with Gasteiger partial charge < -0.3 is 19.5 Å². The molecule has 6 nitrogen and oxygen atoms in total. The smallest absolute Gasteiger partial charge is 0.336 e. The van der Waals surface area contributed by atoms with E-state index in [1.54, 1.807) is 26.4 Å². The number of carbonyl (C=O) groups excluding carboxylic acids is 2. The summed E-state index contributed by atoms with van der Waals surface area (Å²) in [5.41, 5.74) is 4.35. The van der Waals surface area contributed by atoms with Gasteiger partial charge in [-0.3, -0.25) is 4.79 Å². The van der Waals surface area contributed by atoms with Crippen molar-refractivity contribution in [3.8, 4) is 11.5 Å². The lowest BCUT2D eigenvalue weighted by Gasteiger charge is -2.37. The van der Waals surface area contributed by atoms with Gasteiger partial charge in [0, 0.05) is 29.0 Å². The van der Waals surface area contributed by atoms with Gasteiger partial charge in [-0.2, -0.15) is 0 Å². The van der Waals surface area contributed by atoms with Crippen molar-refractivity contribution in [2.75, 3.05) is 21.3 Å². The van der Waals surface area contributed by atoms with E-state index < -0.39 is 11.9 Å². The van der Waals surface area contributed by atoms with Gasteiger partial charge in [0.25, 0.3) is 0 Å². The first-order chi connectivity index (χ1) is 15.5. The lowest BCUT2D eigenvalue weighted by atomic mass is 9.71. The van der Waals surface area contributed by atoms with Gasteiger partial charge >= 0.3 is 5.97 Å². The van der Waals surface area contributed by atoms with Gasteiger partial charge in [0.05, 0.1) is 32.8 Å². The van der Waals surface area contributed by atoms with E-state index in [0.717, 1.165) is 11.3 Å². The molecule has 2 atom stereocenters. The van der Waals surface area contributed by atoms with Gasteiger partial charge in [-0.25, -0.2) is 4.79 Å². The number of benzene rings is 2. The average Bonchev–Trinajstić information content (AvgIpc) is 2.82. The highest BCUT2D eigenvalue weighted by Gasteiger charge is 2.42. The predicted octanol–water partition coefficient (Wildman–Crippen LogP) is 4.24. The van der Waals surface area contributed by atoms with Crippen LogP contribution < -0.4 is 14.8 Å². The first-order valence-corrected chi connectivity index (χ1v) is 10.6. The van der Waals surface area contributed by atoms with Crippen LogP contribution in [0.3, 0.4) is 0 Å². The summed E-state index contributed by atoms with van der Waals surface area (Å²) >= 11 is 0. The molecule has 0 unspecified atom stereocenters. The van der Waals surface area contributed by atoms with Crippen molar-refractivity contribution in [1.29, 1.82) is 0 Å². The molecule has 0 saturated carbocycles. The Hall–Kier alpha value is -3.54. The van der Waals surface area contributed by atoms with Crippen LogP contribution in [0.2, 0.25) is 0 Å². The second-order valence-corrected chi connectivity index (χ2v) is 8.03. The molecule has 1 aliphatic heterocycles. The third-order valence-corrected chi connectivity index (χ3v) is 6.25. The van der Waals surface area contributed by atoms with E-state index in [1.807, 2.05) is 31.2 Å². The molecule has 0 aromatic heterocycles. The van der Waals surface area contributed by atoms with Gasteiger partial charge in [0.2, 0.25) is 0 Å². The van der Waals surface area contributed by atoms with Crippen LogP contribution in [0.1, 0.15) is 42.7 Å². The molecule has 0 saturated heterocycles. The highest BCUT2D eigenvalue weighted by atomic mass is 16.5.